The Bertz CT molecular complexity index is 1060. The number of nitrogens with zero attached hydrogens (tertiary/aromatic N) is 7. The van der Waals surface area contributed by atoms with Gasteiger partial charge in [-0.25, -0.2) is 9.97 Å². The minimum atomic E-state index is 0.469. The van der Waals surface area contributed by atoms with E-state index in [0.717, 1.165) is 21.7 Å². The van der Waals surface area contributed by atoms with Crippen molar-refractivity contribution < 1.29 is 9.47 Å². The Morgan fingerprint density at radius 3 is 2.63 bits per heavy atom. The highest BCUT2D eigenvalue weighted by Crippen LogP contribution is 2.28. The van der Waals surface area contributed by atoms with Gasteiger partial charge in [0.1, 0.15) is 23.6 Å². The third-order valence-electron chi connectivity index (χ3n) is 4.08. The van der Waals surface area contributed by atoms with E-state index in [2.05, 4.69) is 25.5 Å². The van der Waals surface area contributed by atoms with Gasteiger partial charge in [-0.15, -0.1) is 16.4 Å². The second-order valence-electron chi connectivity index (χ2n) is 5.77. The molecule has 0 aliphatic heterocycles. The zero-order valence-electron chi connectivity index (χ0n) is 15.0. The molecule has 10 heteroatoms. The first-order valence-corrected chi connectivity index (χ1v) is 8.97. The summed E-state index contributed by atoms with van der Waals surface area (Å²) in [6.07, 6.45) is 1.57. The fourth-order valence-corrected chi connectivity index (χ4v) is 3.64. The molecule has 4 aromatic rings. The number of tetrazole rings is 1. The maximum Gasteiger partial charge on any atom is 0.175 e. The lowest BCUT2D eigenvalue weighted by Gasteiger charge is -2.18. The summed E-state index contributed by atoms with van der Waals surface area (Å²) in [6.45, 7) is 0.469. The van der Waals surface area contributed by atoms with Crippen molar-refractivity contribution in [2.75, 3.05) is 26.2 Å². The van der Waals surface area contributed by atoms with Gasteiger partial charge in [-0.05, 0) is 21.9 Å². The Hall–Kier alpha value is -3.27. The molecule has 0 atom stereocenters. The van der Waals surface area contributed by atoms with Gasteiger partial charge in [0, 0.05) is 25.2 Å². The summed E-state index contributed by atoms with van der Waals surface area (Å²) < 4.78 is 13.4. The van der Waals surface area contributed by atoms with Gasteiger partial charge in [0.25, 0.3) is 0 Å². The lowest BCUT2D eigenvalue weighted by molar-refractivity contribution is 0.393. The van der Waals surface area contributed by atoms with Crippen molar-refractivity contribution in [2.24, 2.45) is 0 Å². The molecule has 0 aliphatic carbocycles. The highest BCUT2D eigenvalue weighted by Gasteiger charge is 2.16. The number of hydrogen-bond acceptors (Lipinski definition) is 9. The van der Waals surface area contributed by atoms with Gasteiger partial charge < -0.3 is 14.4 Å². The third kappa shape index (κ3) is 3.26. The minimum absolute atomic E-state index is 0.469. The predicted octanol–water partition coefficient (Wildman–Crippen LogP) is 2.32. The van der Waals surface area contributed by atoms with Crippen LogP contribution in [0.4, 0.5) is 5.82 Å². The van der Waals surface area contributed by atoms with E-state index in [1.54, 1.807) is 42.6 Å². The highest BCUT2D eigenvalue weighted by atomic mass is 32.1. The minimum Gasteiger partial charge on any atom is -0.497 e. The second kappa shape index (κ2) is 7.16. The highest BCUT2D eigenvalue weighted by molar-refractivity contribution is 7.17. The molecule has 27 heavy (non-hydrogen) atoms. The molecule has 0 spiro atoms. The van der Waals surface area contributed by atoms with Crippen LogP contribution in [0.3, 0.4) is 0 Å². The van der Waals surface area contributed by atoms with E-state index in [1.165, 1.54) is 0 Å². The number of ether oxygens (including phenoxy) is 2. The molecule has 9 nitrogen and oxygen atoms in total. The van der Waals surface area contributed by atoms with Crippen LogP contribution in [0, 0.1) is 0 Å². The maximum absolute atomic E-state index is 5.34. The van der Waals surface area contributed by atoms with Gasteiger partial charge in [-0.1, -0.05) is 0 Å². The van der Waals surface area contributed by atoms with Gasteiger partial charge in [0.15, 0.2) is 5.82 Å². The Kier molecular flexibility index (Phi) is 4.55. The summed E-state index contributed by atoms with van der Waals surface area (Å²) >= 11 is 1.61. The summed E-state index contributed by atoms with van der Waals surface area (Å²) in [5.41, 5.74) is 1.68. The van der Waals surface area contributed by atoms with Crippen LogP contribution in [0.25, 0.3) is 15.9 Å². The van der Waals surface area contributed by atoms with E-state index in [-0.39, 0.29) is 0 Å². The molecule has 0 aliphatic rings. The first-order chi connectivity index (χ1) is 13.2. The molecule has 0 saturated heterocycles. The fraction of sp³-hybridized carbons (Fsp3) is 0.235. The number of aromatic nitrogens is 6. The SMILES string of the molecule is COc1cc(OC)cc(-n2nnnc2CN(C)c2ncnc3ccsc23)c1. The maximum atomic E-state index is 5.34. The molecule has 0 fully saturated rings. The van der Waals surface area contributed by atoms with Gasteiger partial charge >= 0.3 is 0 Å². The molecular formula is C17H17N7O2S. The van der Waals surface area contributed by atoms with Crippen LogP contribution in [0.2, 0.25) is 0 Å². The standard InChI is InChI=1S/C17H17N7O2S/c1-23(17-16-14(4-5-27-16)18-10-19-17)9-15-20-21-22-24(15)11-6-12(25-2)8-13(7-11)26-3/h4-8,10H,9H2,1-3H3. The molecule has 0 radical (unpaired) electrons. The second-order valence-corrected chi connectivity index (χ2v) is 6.68. The van der Waals surface area contributed by atoms with Crippen LogP contribution in [-0.2, 0) is 6.54 Å². The predicted molar refractivity (Wildman–Crippen MR) is 102 cm³/mol. The fourth-order valence-electron chi connectivity index (χ4n) is 2.75. The lowest BCUT2D eigenvalue weighted by atomic mass is 10.2. The van der Waals surface area contributed by atoms with Crippen LogP contribution in [0.1, 0.15) is 5.82 Å². The summed E-state index contributed by atoms with van der Waals surface area (Å²) in [4.78, 5) is 10.7. The molecule has 3 aromatic heterocycles. The Balaban J connectivity index is 1.67. The van der Waals surface area contributed by atoms with E-state index < -0.39 is 0 Å². The monoisotopic (exact) mass is 383 g/mol. The zero-order valence-corrected chi connectivity index (χ0v) is 15.8. The van der Waals surface area contributed by atoms with E-state index in [1.807, 2.05) is 35.5 Å². The number of hydrogen-bond donors (Lipinski definition) is 0. The summed E-state index contributed by atoms with van der Waals surface area (Å²) in [5, 5.41) is 14.1. The van der Waals surface area contributed by atoms with Crippen molar-refractivity contribution in [3.8, 4) is 17.2 Å². The average molecular weight is 383 g/mol. The van der Waals surface area contributed by atoms with Crippen LogP contribution in [-0.4, -0.2) is 51.4 Å². The van der Waals surface area contributed by atoms with Crippen molar-refractivity contribution in [1.29, 1.82) is 0 Å². The number of thiophene rings is 1. The van der Waals surface area contributed by atoms with Crippen molar-refractivity contribution >= 4 is 27.4 Å². The van der Waals surface area contributed by atoms with E-state index in [4.69, 9.17) is 9.47 Å². The normalized spacial score (nSPS) is 10.9. The first-order valence-electron chi connectivity index (χ1n) is 8.09. The lowest BCUT2D eigenvalue weighted by Crippen LogP contribution is -2.21. The summed E-state index contributed by atoms with van der Waals surface area (Å²) in [7, 11) is 5.16. The van der Waals surface area contributed by atoms with Crippen LogP contribution in [0.15, 0.2) is 36.0 Å². The van der Waals surface area contributed by atoms with Gasteiger partial charge in [0.2, 0.25) is 0 Å². The molecule has 4 rings (SSSR count). The Morgan fingerprint density at radius 2 is 1.89 bits per heavy atom. The average Bonchev–Trinajstić information content (AvgIpc) is 3.36. The topological polar surface area (TPSA) is 91.1 Å². The molecule has 0 unspecified atom stereocenters. The number of methoxy groups -OCH3 is 2. The van der Waals surface area contributed by atoms with Crippen molar-refractivity contribution in [2.45, 2.75) is 6.54 Å². The molecule has 1 aromatic carbocycles. The quantitative estimate of drug-likeness (QED) is 0.501. The zero-order chi connectivity index (χ0) is 18.8. The third-order valence-corrected chi connectivity index (χ3v) is 4.98. The molecule has 0 saturated carbocycles. The van der Waals surface area contributed by atoms with Crippen molar-refractivity contribution in [1.82, 2.24) is 30.2 Å². The molecular weight excluding hydrogens is 366 g/mol. The van der Waals surface area contributed by atoms with Crippen LogP contribution < -0.4 is 14.4 Å². The Morgan fingerprint density at radius 1 is 1.11 bits per heavy atom. The number of benzene rings is 1. The van der Waals surface area contributed by atoms with Crippen LogP contribution in [0.5, 0.6) is 11.5 Å². The summed E-state index contributed by atoms with van der Waals surface area (Å²) in [6, 6.07) is 7.48. The molecule has 138 valence electrons. The molecule has 0 N–H and O–H groups in total. The van der Waals surface area contributed by atoms with Crippen molar-refractivity contribution in [3.05, 3.63) is 41.8 Å². The van der Waals surface area contributed by atoms with Gasteiger partial charge in [-0.3, -0.25) is 0 Å². The van der Waals surface area contributed by atoms with E-state index >= 15 is 0 Å². The Labute approximate surface area is 159 Å². The molecule has 0 amide bonds. The van der Waals surface area contributed by atoms with Crippen molar-refractivity contribution in [3.63, 3.8) is 0 Å². The van der Waals surface area contributed by atoms with Gasteiger partial charge in [0.05, 0.1) is 36.7 Å². The smallest absolute Gasteiger partial charge is 0.175 e. The molecule has 0 bridgehead atoms. The number of fused-ring (bicyclic) bond motifs is 1. The van der Waals surface area contributed by atoms with E-state index in [9.17, 15) is 0 Å². The largest absolute Gasteiger partial charge is 0.497 e. The van der Waals surface area contributed by atoms with Crippen LogP contribution >= 0.6 is 11.3 Å². The van der Waals surface area contributed by atoms with E-state index in [0.29, 0.717) is 23.9 Å². The first kappa shape index (κ1) is 17.2. The number of anilines is 1. The summed E-state index contributed by atoms with van der Waals surface area (Å²) in [5.74, 6) is 2.83. The number of rotatable bonds is 6. The van der Waals surface area contributed by atoms with Gasteiger partial charge in [-0.2, -0.15) is 4.68 Å². The molecule has 3 heterocycles.